The zero-order valence-corrected chi connectivity index (χ0v) is 18.6. The molecule has 33 heavy (non-hydrogen) atoms. The smallest absolute Gasteiger partial charge is 0.341 e. The molecule has 4 atom stereocenters. The molecule has 4 rings (SSSR count). The molecule has 1 fully saturated rings. The Bertz CT molecular complexity index is 1110. The molecule has 1 saturated heterocycles. The van der Waals surface area contributed by atoms with Gasteiger partial charge in [0.05, 0.1) is 12.0 Å². The standard InChI is InChI=1S/C23H22ClF4N3O2/c1-11-8-18(12(2)23(26,27)28)31(10-11)22(33)29-17-5-3-4-14-19(17)20(30-21(14)32)15-9-13(25)6-7-16(15)24/h3-7,9,11-12,18,20H,8,10H2,1-2H3,(H,29,33)(H,30,32)/t11-,12-,18-,20-/m0/s1. The number of likely N-dealkylation sites (tertiary alicyclic amines) is 1. The number of halogens is 5. The van der Waals surface area contributed by atoms with Crippen molar-refractivity contribution in [2.75, 3.05) is 11.9 Å². The molecule has 3 amide bonds. The highest BCUT2D eigenvalue weighted by Crippen LogP contribution is 2.41. The van der Waals surface area contributed by atoms with Crippen molar-refractivity contribution < 1.29 is 27.2 Å². The molecule has 0 aromatic heterocycles. The molecule has 2 heterocycles. The van der Waals surface area contributed by atoms with E-state index in [-0.39, 0.29) is 35.2 Å². The number of nitrogens with one attached hydrogen (secondary N) is 2. The van der Waals surface area contributed by atoms with E-state index in [0.29, 0.717) is 11.1 Å². The maximum Gasteiger partial charge on any atom is 0.393 e. The summed E-state index contributed by atoms with van der Waals surface area (Å²) in [5.74, 6) is -2.75. The number of carbonyl (C=O) groups excluding carboxylic acids is 2. The van der Waals surface area contributed by atoms with E-state index in [9.17, 15) is 27.2 Å². The van der Waals surface area contributed by atoms with Crippen molar-refractivity contribution in [3.63, 3.8) is 0 Å². The minimum atomic E-state index is -4.43. The molecule has 2 aromatic rings. The first-order valence-corrected chi connectivity index (χ1v) is 10.9. The summed E-state index contributed by atoms with van der Waals surface area (Å²) in [4.78, 5) is 26.8. The second-order valence-electron chi connectivity index (χ2n) is 8.66. The number of alkyl halides is 3. The third-order valence-electron chi connectivity index (χ3n) is 6.33. The molecular weight excluding hydrogens is 462 g/mol. The maximum atomic E-state index is 13.9. The van der Waals surface area contributed by atoms with Gasteiger partial charge in [0.1, 0.15) is 5.82 Å². The van der Waals surface area contributed by atoms with Crippen molar-refractivity contribution in [1.82, 2.24) is 10.2 Å². The Labute approximate surface area is 193 Å². The third-order valence-corrected chi connectivity index (χ3v) is 6.68. The summed E-state index contributed by atoms with van der Waals surface area (Å²) in [7, 11) is 0. The second-order valence-corrected chi connectivity index (χ2v) is 9.07. The summed E-state index contributed by atoms with van der Waals surface area (Å²) in [5.41, 5.74) is 1.21. The van der Waals surface area contributed by atoms with Gasteiger partial charge in [-0.05, 0) is 42.7 Å². The van der Waals surface area contributed by atoms with Crippen molar-refractivity contribution >= 4 is 29.2 Å². The van der Waals surface area contributed by atoms with Crippen LogP contribution in [-0.2, 0) is 0 Å². The van der Waals surface area contributed by atoms with E-state index in [1.165, 1.54) is 23.1 Å². The van der Waals surface area contributed by atoms with Crippen molar-refractivity contribution in [2.24, 2.45) is 11.8 Å². The minimum absolute atomic E-state index is 0.0888. The van der Waals surface area contributed by atoms with E-state index in [0.717, 1.165) is 6.92 Å². The average Bonchev–Trinajstić information content (AvgIpc) is 3.29. The molecule has 2 N–H and O–H groups in total. The van der Waals surface area contributed by atoms with E-state index in [2.05, 4.69) is 10.6 Å². The highest BCUT2D eigenvalue weighted by Gasteiger charge is 2.48. The number of amides is 3. The minimum Gasteiger partial charge on any atom is -0.341 e. The number of urea groups is 1. The monoisotopic (exact) mass is 483 g/mol. The van der Waals surface area contributed by atoms with Crippen LogP contribution < -0.4 is 10.6 Å². The summed E-state index contributed by atoms with van der Waals surface area (Å²) >= 11 is 6.24. The van der Waals surface area contributed by atoms with E-state index in [4.69, 9.17) is 11.6 Å². The summed E-state index contributed by atoms with van der Waals surface area (Å²) in [6, 6.07) is 5.92. The zero-order chi connectivity index (χ0) is 24.1. The van der Waals surface area contributed by atoms with E-state index in [1.54, 1.807) is 25.1 Å². The molecule has 5 nitrogen and oxygen atoms in total. The molecule has 0 radical (unpaired) electrons. The first-order chi connectivity index (χ1) is 15.5. The number of hydrogen-bond donors (Lipinski definition) is 2. The van der Waals surface area contributed by atoms with E-state index < -0.39 is 41.9 Å². The highest BCUT2D eigenvalue weighted by molar-refractivity contribution is 6.31. The summed E-state index contributed by atoms with van der Waals surface area (Å²) in [6.45, 7) is 3.06. The lowest BCUT2D eigenvalue weighted by molar-refractivity contribution is -0.181. The fourth-order valence-corrected chi connectivity index (χ4v) is 4.86. The van der Waals surface area contributed by atoms with Gasteiger partial charge in [-0.3, -0.25) is 4.79 Å². The quantitative estimate of drug-likeness (QED) is 0.546. The van der Waals surface area contributed by atoms with Crippen LogP contribution in [0, 0.1) is 17.7 Å². The summed E-state index contributed by atoms with van der Waals surface area (Å²) in [6.07, 6.45) is -4.20. The van der Waals surface area contributed by atoms with Gasteiger partial charge in [-0.15, -0.1) is 0 Å². The van der Waals surface area contributed by atoms with Gasteiger partial charge in [0, 0.05) is 40.0 Å². The Balaban J connectivity index is 1.67. The number of hydrogen-bond acceptors (Lipinski definition) is 2. The van der Waals surface area contributed by atoms with Gasteiger partial charge in [-0.25, -0.2) is 9.18 Å². The molecule has 2 aliphatic heterocycles. The number of benzene rings is 2. The second kappa shape index (κ2) is 8.52. The Morgan fingerprint density at radius 1 is 1.27 bits per heavy atom. The molecule has 0 aliphatic carbocycles. The van der Waals surface area contributed by atoms with Crippen LogP contribution in [0.3, 0.4) is 0 Å². The van der Waals surface area contributed by atoms with Crippen LogP contribution in [0.2, 0.25) is 5.02 Å². The largest absolute Gasteiger partial charge is 0.393 e. The number of anilines is 1. The Morgan fingerprint density at radius 2 is 2.00 bits per heavy atom. The van der Waals surface area contributed by atoms with Gasteiger partial charge in [0.2, 0.25) is 0 Å². The molecule has 0 spiro atoms. The topological polar surface area (TPSA) is 61.4 Å². The molecule has 0 unspecified atom stereocenters. The Kier molecular flexibility index (Phi) is 6.03. The third kappa shape index (κ3) is 4.38. The molecule has 0 saturated carbocycles. The summed E-state index contributed by atoms with van der Waals surface area (Å²) < 4.78 is 54.0. The first kappa shape index (κ1) is 23.4. The van der Waals surface area contributed by atoms with E-state index in [1.807, 2.05) is 0 Å². The van der Waals surface area contributed by atoms with Gasteiger partial charge < -0.3 is 15.5 Å². The predicted octanol–water partition coefficient (Wildman–Crippen LogP) is 5.75. The molecule has 2 aromatic carbocycles. The van der Waals surface area contributed by atoms with Crippen LogP contribution in [0.1, 0.15) is 47.8 Å². The molecule has 10 heteroatoms. The Morgan fingerprint density at radius 3 is 2.70 bits per heavy atom. The SMILES string of the molecule is C[C@H]1C[C@@H]([C@H](C)C(F)(F)F)N(C(=O)Nc2cccc3c2[C@H](c2cc(F)ccc2Cl)NC3=O)C1. The van der Waals surface area contributed by atoms with Crippen molar-refractivity contribution in [3.05, 3.63) is 63.9 Å². The van der Waals surface area contributed by atoms with Gasteiger partial charge >= 0.3 is 12.2 Å². The maximum absolute atomic E-state index is 13.9. The number of carbonyl (C=O) groups is 2. The molecule has 2 aliphatic rings. The lowest BCUT2D eigenvalue weighted by atomic mass is 9.96. The first-order valence-electron chi connectivity index (χ1n) is 10.5. The fourth-order valence-electron chi connectivity index (χ4n) is 4.63. The van der Waals surface area contributed by atoms with Crippen LogP contribution in [0.25, 0.3) is 0 Å². The normalized spacial score (nSPS) is 23.3. The van der Waals surface area contributed by atoms with Crippen LogP contribution in [-0.4, -0.2) is 35.6 Å². The van der Waals surface area contributed by atoms with Gasteiger partial charge in [0.25, 0.3) is 5.91 Å². The van der Waals surface area contributed by atoms with Crippen molar-refractivity contribution in [2.45, 2.75) is 38.5 Å². The van der Waals surface area contributed by atoms with Crippen LogP contribution in [0.4, 0.5) is 28.0 Å². The average molecular weight is 484 g/mol. The number of nitrogens with zero attached hydrogens (tertiary/aromatic N) is 1. The highest BCUT2D eigenvalue weighted by atomic mass is 35.5. The zero-order valence-electron chi connectivity index (χ0n) is 17.8. The van der Waals surface area contributed by atoms with Crippen LogP contribution in [0.5, 0.6) is 0 Å². The van der Waals surface area contributed by atoms with Crippen molar-refractivity contribution in [3.8, 4) is 0 Å². The number of fused-ring (bicyclic) bond motifs is 1. The lowest BCUT2D eigenvalue weighted by Gasteiger charge is -2.31. The molecule has 176 valence electrons. The predicted molar refractivity (Wildman–Crippen MR) is 116 cm³/mol. The van der Waals surface area contributed by atoms with Crippen LogP contribution >= 0.6 is 11.6 Å². The lowest BCUT2D eigenvalue weighted by Crippen LogP contribution is -2.46. The van der Waals surface area contributed by atoms with E-state index >= 15 is 0 Å². The van der Waals surface area contributed by atoms with Gasteiger partial charge in [-0.2, -0.15) is 13.2 Å². The van der Waals surface area contributed by atoms with Gasteiger partial charge in [0.15, 0.2) is 0 Å². The molecular formula is C23H22ClF4N3O2. The van der Waals surface area contributed by atoms with Crippen LogP contribution in [0.15, 0.2) is 36.4 Å². The van der Waals surface area contributed by atoms with Crippen molar-refractivity contribution in [1.29, 1.82) is 0 Å². The fraction of sp³-hybridized carbons (Fsp3) is 0.391. The Hall–Kier alpha value is -2.81. The number of rotatable bonds is 3. The summed E-state index contributed by atoms with van der Waals surface area (Å²) in [5, 5.41) is 5.65. The van der Waals surface area contributed by atoms with Gasteiger partial charge in [-0.1, -0.05) is 31.5 Å². The molecule has 0 bridgehead atoms.